The lowest BCUT2D eigenvalue weighted by molar-refractivity contribution is -0.116. The van der Waals surface area contributed by atoms with Gasteiger partial charge in [-0.15, -0.1) is 6.58 Å². The highest BCUT2D eigenvalue weighted by Crippen LogP contribution is 2.27. The van der Waals surface area contributed by atoms with Gasteiger partial charge in [-0.1, -0.05) is 17.8 Å². The van der Waals surface area contributed by atoms with Crippen molar-refractivity contribution in [3.63, 3.8) is 0 Å². The molecule has 1 aromatic carbocycles. The van der Waals surface area contributed by atoms with Crippen molar-refractivity contribution in [1.82, 2.24) is 9.55 Å². The fraction of sp³-hybridized carbons (Fsp3) is 0.333. The van der Waals surface area contributed by atoms with E-state index < -0.39 is 0 Å². The van der Waals surface area contributed by atoms with E-state index in [1.54, 1.807) is 11.8 Å². The Balaban J connectivity index is 1.43. The van der Waals surface area contributed by atoms with Crippen LogP contribution in [-0.4, -0.2) is 27.8 Å². The van der Waals surface area contributed by atoms with Gasteiger partial charge in [0.25, 0.3) is 0 Å². The standard InChI is InChI=1S/C18H21N3O2S/c1-2-9-21-10-8-19-18(21)24-12-3-11-23-15-5-6-16-14(13-15)4-7-17(22)20-16/h2,5-6,8,10,13H,1,3-4,7,9,11-12H2,(H,20,22). The second-order valence-corrected chi connectivity index (χ2v) is 6.63. The minimum Gasteiger partial charge on any atom is -0.494 e. The molecule has 0 saturated carbocycles. The highest BCUT2D eigenvalue weighted by atomic mass is 32.2. The van der Waals surface area contributed by atoms with E-state index >= 15 is 0 Å². The van der Waals surface area contributed by atoms with Crippen LogP contribution in [0, 0.1) is 0 Å². The number of carbonyl (C=O) groups excluding carboxylic acids is 1. The first-order chi connectivity index (χ1) is 11.8. The number of hydrogen-bond acceptors (Lipinski definition) is 4. The van der Waals surface area contributed by atoms with Crippen LogP contribution in [0.25, 0.3) is 0 Å². The molecule has 1 aliphatic heterocycles. The Hall–Kier alpha value is -2.21. The van der Waals surface area contributed by atoms with Crippen molar-refractivity contribution in [2.45, 2.75) is 31.0 Å². The SMILES string of the molecule is C=CCn1ccnc1SCCCOc1ccc2c(c1)CCC(=O)N2. The Morgan fingerprint density at radius 2 is 2.33 bits per heavy atom. The van der Waals surface area contributed by atoms with Gasteiger partial charge in [-0.05, 0) is 36.6 Å². The summed E-state index contributed by atoms with van der Waals surface area (Å²) in [5, 5.41) is 3.89. The van der Waals surface area contributed by atoms with Gasteiger partial charge in [0, 0.05) is 36.8 Å². The quantitative estimate of drug-likeness (QED) is 0.453. The molecule has 1 aromatic heterocycles. The first kappa shape index (κ1) is 16.6. The van der Waals surface area contributed by atoms with Gasteiger partial charge in [-0.3, -0.25) is 4.79 Å². The molecule has 1 N–H and O–H groups in total. The Labute approximate surface area is 146 Å². The van der Waals surface area contributed by atoms with Gasteiger partial charge in [0.15, 0.2) is 5.16 Å². The molecule has 1 aliphatic rings. The number of ether oxygens (including phenoxy) is 1. The van der Waals surface area contributed by atoms with E-state index in [1.165, 1.54) is 0 Å². The van der Waals surface area contributed by atoms with Crippen molar-refractivity contribution in [2.24, 2.45) is 0 Å². The van der Waals surface area contributed by atoms with Crippen molar-refractivity contribution in [1.29, 1.82) is 0 Å². The van der Waals surface area contributed by atoms with E-state index in [0.717, 1.165) is 47.3 Å². The first-order valence-electron chi connectivity index (χ1n) is 8.06. The van der Waals surface area contributed by atoms with Gasteiger partial charge >= 0.3 is 0 Å². The van der Waals surface area contributed by atoms with Gasteiger partial charge in [0.2, 0.25) is 5.91 Å². The van der Waals surface area contributed by atoms with Crippen LogP contribution in [-0.2, 0) is 17.8 Å². The van der Waals surface area contributed by atoms with Crippen molar-refractivity contribution in [3.05, 3.63) is 48.8 Å². The minimum absolute atomic E-state index is 0.0861. The molecule has 0 atom stereocenters. The molecule has 0 bridgehead atoms. The highest BCUT2D eigenvalue weighted by Gasteiger charge is 2.14. The summed E-state index contributed by atoms with van der Waals surface area (Å²) in [6, 6.07) is 5.86. The summed E-state index contributed by atoms with van der Waals surface area (Å²) in [6.07, 6.45) is 7.91. The molecule has 0 radical (unpaired) electrons. The molecule has 0 fully saturated rings. The molecular weight excluding hydrogens is 322 g/mol. The topological polar surface area (TPSA) is 56.2 Å². The van der Waals surface area contributed by atoms with Crippen LogP contribution in [0.1, 0.15) is 18.4 Å². The second-order valence-electron chi connectivity index (χ2n) is 5.57. The van der Waals surface area contributed by atoms with Crippen LogP contribution in [0.5, 0.6) is 5.75 Å². The van der Waals surface area contributed by atoms with E-state index in [0.29, 0.717) is 13.0 Å². The van der Waals surface area contributed by atoms with Crippen LogP contribution >= 0.6 is 11.8 Å². The molecule has 2 aromatic rings. The number of imidazole rings is 1. The van der Waals surface area contributed by atoms with Gasteiger partial charge in [-0.25, -0.2) is 4.98 Å². The average molecular weight is 343 g/mol. The van der Waals surface area contributed by atoms with Crippen LogP contribution < -0.4 is 10.1 Å². The number of carbonyl (C=O) groups is 1. The summed E-state index contributed by atoms with van der Waals surface area (Å²) in [6.45, 7) is 5.20. The monoisotopic (exact) mass is 343 g/mol. The number of fused-ring (bicyclic) bond motifs is 1. The van der Waals surface area contributed by atoms with Gasteiger partial charge < -0.3 is 14.6 Å². The van der Waals surface area contributed by atoms with Gasteiger partial charge in [0.1, 0.15) is 5.75 Å². The maximum Gasteiger partial charge on any atom is 0.224 e. The number of nitrogens with zero attached hydrogens (tertiary/aromatic N) is 2. The highest BCUT2D eigenvalue weighted by molar-refractivity contribution is 7.99. The van der Waals surface area contributed by atoms with Crippen molar-refractivity contribution in [3.8, 4) is 5.75 Å². The third-order valence-electron chi connectivity index (χ3n) is 3.76. The normalized spacial score (nSPS) is 13.2. The van der Waals surface area contributed by atoms with Gasteiger partial charge in [0.05, 0.1) is 6.61 Å². The molecular formula is C18H21N3O2S. The largest absolute Gasteiger partial charge is 0.494 e. The fourth-order valence-corrected chi connectivity index (χ4v) is 3.46. The van der Waals surface area contributed by atoms with Crippen molar-refractivity contribution < 1.29 is 9.53 Å². The minimum atomic E-state index is 0.0861. The summed E-state index contributed by atoms with van der Waals surface area (Å²) >= 11 is 1.73. The zero-order valence-electron chi connectivity index (χ0n) is 13.5. The first-order valence-corrected chi connectivity index (χ1v) is 9.05. The number of nitrogens with one attached hydrogen (secondary N) is 1. The van der Waals surface area contributed by atoms with Gasteiger partial charge in [-0.2, -0.15) is 0 Å². The maximum atomic E-state index is 11.4. The number of thioether (sulfide) groups is 1. The molecule has 0 aliphatic carbocycles. The summed E-state index contributed by atoms with van der Waals surface area (Å²) in [5.74, 6) is 1.90. The Kier molecular flexibility index (Phi) is 5.59. The number of hydrogen-bond donors (Lipinski definition) is 1. The maximum absolute atomic E-state index is 11.4. The van der Waals surface area contributed by atoms with E-state index in [4.69, 9.17) is 4.74 Å². The van der Waals surface area contributed by atoms with Crippen LogP contribution in [0.4, 0.5) is 5.69 Å². The molecule has 0 spiro atoms. The predicted octanol–water partition coefficient (Wildman–Crippen LogP) is 3.52. The summed E-state index contributed by atoms with van der Waals surface area (Å²) < 4.78 is 7.91. The molecule has 0 unspecified atom stereocenters. The predicted molar refractivity (Wildman–Crippen MR) is 96.7 cm³/mol. The van der Waals surface area contributed by atoms with Crippen LogP contribution in [0.2, 0.25) is 0 Å². The molecule has 126 valence electrons. The zero-order chi connectivity index (χ0) is 16.8. The van der Waals surface area contributed by atoms with Crippen LogP contribution in [0.15, 0.2) is 48.4 Å². The Morgan fingerprint density at radius 3 is 3.21 bits per heavy atom. The number of aryl methyl sites for hydroxylation is 1. The van der Waals surface area contributed by atoms with Crippen molar-refractivity contribution >= 4 is 23.4 Å². The number of allylic oxidation sites excluding steroid dienone is 1. The fourth-order valence-electron chi connectivity index (χ4n) is 2.58. The zero-order valence-corrected chi connectivity index (χ0v) is 14.3. The third-order valence-corrected chi connectivity index (χ3v) is 4.85. The second kappa shape index (κ2) is 8.06. The summed E-state index contributed by atoms with van der Waals surface area (Å²) in [5.41, 5.74) is 2.05. The summed E-state index contributed by atoms with van der Waals surface area (Å²) in [7, 11) is 0. The number of aromatic nitrogens is 2. The average Bonchev–Trinajstić information content (AvgIpc) is 3.02. The Bertz CT molecular complexity index is 727. The molecule has 0 saturated heterocycles. The van der Waals surface area contributed by atoms with E-state index in [-0.39, 0.29) is 5.91 Å². The third kappa shape index (κ3) is 4.20. The van der Waals surface area contributed by atoms with Crippen LogP contribution in [0.3, 0.4) is 0 Å². The number of anilines is 1. The summed E-state index contributed by atoms with van der Waals surface area (Å²) in [4.78, 5) is 15.7. The van der Waals surface area contributed by atoms with E-state index in [2.05, 4.69) is 21.4 Å². The molecule has 24 heavy (non-hydrogen) atoms. The number of rotatable bonds is 8. The smallest absolute Gasteiger partial charge is 0.224 e. The lowest BCUT2D eigenvalue weighted by Crippen LogP contribution is -2.18. The Morgan fingerprint density at radius 1 is 1.42 bits per heavy atom. The lowest BCUT2D eigenvalue weighted by atomic mass is 10.0. The molecule has 5 nitrogen and oxygen atoms in total. The lowest BCUT2D eigenvalue weighted by Gasteiger charge is -2.17. The molecule has 1 amide bonds. The molecule has 6 heteroatoms. The van der Waals surface area contributed by atoms with Crippen molar-refractivity contribution in [2.75, 3.05) is 17.7 Å². The number of amides is 1. The van der Waals surface area contributed by atoms with E-state index in [9.17, 15) is 4.79 Å². The number of benzene rings is 1. The van der Waals surface area contributed by atoms with E-state index in [1.807, 2.05) is 36.7 Å². The molecule has 2 heterocycles. The molecule has 3 rings (SSSR count).